The van der Waals surface area contributed by atoms with E-state index in [2.05, 4.69) is 23.4 Å². The molecule has 0 amide bonds. The van der Waals surface area contributed by atoms with Gasteiger partial charge in [-0.05, 0) is 39.0 Å². The third kappa shape index (κ3) is 2.00. The van der Waals surface area contributed by atoms with Crippen LogP contribution in [0.1, 0.15) is 19.7 Å². The van der Waals surface area contributed by atoms with Crippen molar-refractivity contribution in [3.8, 4) is 0 Å². The van der Waals surface area contributed by atoms with E-state index in [0.717, 1.165) is 22.5 Å². The molecule has 4 nitrogen and oxygen atoms in total. The smallest absolute Gasteiger partial charge is 0.107 e. The van der Waals surface area contributed by atoms with Crippen LogP contribution in [0.2, 0.25) is 0 Å². The van der Waals surface area contributed by atoms with Gasteiger partial charge in [0, 0.05) is 12.8 Å². The van der Waals surface area contributed by atoms with Gasteiger partial charge in [0.05, 0.1) is 23.2 Å². The number of nitrogens with two attached hydrogens (primary N) is 1. The number of methoxy groups -OCH3 is 1. The molecule has 1 aromatic heterocycles. The highest BCUT2D eigenvalue weighted by molar-refractivity contribution is 5.80. The van der Waals surface area contributed by atoms with E-state index in [-0.39, 0.29) is 5.54 Å². The van der Waals surface area contributed by atoms with E-state index in [0.29, 0.717) is 6.61 Å². The summed E-state index contributed by atoms with van der Waals surface area (Å²) in [6.07, 6.45) is 0. The van der Waals surface area contributed by atoms with E-state index in [4.69, 9.17) is 10.5 Å². The average molecular weight is 233 g/mol. The van der Waals surface area contributed by atoms with Crippen LogP contribution in [0.5, 0.6) is 0 Å². The number of anilines is 1. The van der Waals surface area contributed by atoms with Crippen LogP contribution in [0.4, 0.5) is 5.69 Å². The number of hydrogen-bond donors (Lipinski definition) is 1. The molecule has 4 heteroatoms. The lowest BCUT2D eigenvalue weighted by molar-refractivity contribution is 0.111. The van der Waals surface area contributed by atoms with Crippen molar-refractivity contribution >= 4 is 16.7 Å². The maximum atomic E-state index is 5.78. The average Bonchev–Trinajstić information content (AvgIpc) is 2.53. The fourth-order valence-corrected chi connectivity index (χ4v) is 2.40. The van der Waals surface area contributed by atoms with Crippen molar-refractivity contribution < 1.29 is 4.74 Å². The zero-order chi connectivity index (χ0) is 12.6. The van der Waals surface area contributed by atoms with Crippen molar-refractivity contribution in [2.75, 3.05) is 19.5 Å². The number of ether oxygens (including phenoxy) is 1. The molecule has 0 unspecified atom stereocenters. The van der Waals surface area contributed by atoms with Gasteiger partial charge in [-0.3, -0.25) is 0 Å². The third-order valence-electron chi connectivity index (χ3n) is 2.95. The van der Waals surface area contributed by atoms with E-state index < -0.39 is 0 Å². The Labute approximate surface area is 101 Å². The molecule has 2 N–H and O–H groups in total. The molecule has 92 valence electrons. The highest BCUT2D eigenvalue weighted by Crippen LogP contribution is 2.26. The normalized spacial score (nSPS) is 12.2. The molecule has 1 heterocycles. The van der Waals surface area contributed by atoms with Crippen molar-refractivity contribution in [1.29, 1.82) is 0 Å². The SMILES string of the molecule is COCC(C)(C)n1c(C)nc2cc(N)ccc21. The number of hydrogen-bond acceptors (Lipinski definition) is 3. The number of imidazole rings is 1. The van der Waals surface area contributed by atoms with E-state index in [1.165, 1.54) is 0 Å². The predicted molar refractivity (Wildman–Crippen MR) is 70.1 cm³/mol. The summed E-state index contributed by atoms with van der Waals surface area (Å²) in [5, 5.41) is 0. The molecule has 0 atom stereocenters. The predicted octanol–water partition coefficient (Wildman–Crippen LogP) is 2.31. The van der Waals surface area contributed by atoms with Gasteiger partial charge in [-0.15, -0.1) is 0 Å². The van der Waals surface area contributed by atoms with Crippen LogP contribution in [0.25, 0.3) is 11.0 Å². The van der Waals surface area contributed by atoms with Crippen LogP contribution < -0.4 is 5.73 Å². The standard InChI is InChI=1S/C13H19N3O/c1-9-15-11-7-10(14)5-6-12(11)16(9)13(2,3)8-17-4/h5-7H,8,14H2,1-4H3. The van der Waals surface area contributed by atoms with Crippen molar-refractivity contribution in [3.63, 3.8) is 0 Å². The Hall–Kier alpha value is -1.55. The lowest BCUT2D eigenvalue weighted by Crippen LogP contribution is -2.32. The minimum Gasteiger partial charge on any atom is -0.399 e. The van der Waals surface area contributed by atoms with Gasteiger partial charge in [0.25, 0.3) is 0 Å². The van der Waals surface area contributed by atoms with Crippen molar-refractivity contribution in [2.24, 2.45) is 0 Å². The molecular formula is C13H19N3O. The topological polar surface area (TPSA) is 53.1 Å². The molecule has 17 heavy (non-hydrogen) atoms. The third-order valence-corrected chi connectivity index (χ3v) is 2.95. The molecule has 0 aliphatic heterocycles. The first kappa shape index (κ1) is 11.9. The summed E-state index contributed by atoms with van der Waals surface area (Å²) >= 11 is 0. The molecular weight excluding hydrogens is 214 g/mol. The highest BCUT2D eigenvalue weighted by Gasteiger charge is 2.24. The molecule has 1 aromatic carbocycles. The monoisotopic (exact) mass is 233 g/mol. The Bertz CT molecular complexity index is 543. The van der Waals surface area contributed by atoms with Crippen LogP contribution in [-0.2, 0) is 10.3 Å². The molecule has 0 fully saturated rings. The first-order chi connectivity index (χ1) is 7.95. The molecule has 0 bridgehead atoms. The van der Waals surface area contributed by atoms with Gasteiger partial charge in [0.2, 0.25) is 0 Å². The molecule has 0 radical (unpaired) electrons. The van der Waals surface area contributed by atoms with E-state index >= 15 is 0 Å². The number of rotatable bonds is 3. The second kappa shape index (κ2) is 4.04. The second-order valence-corrected chi connectivity index (χ2v) is 4.99. The summed E-state index contributed by atoms with van der Waals surface area (Å²) in [4.78, 5) is 4.55. The molecule has 0 saturated heterocycles. The Kier molecular flexibility index (Phi) is 2.83. The second-order valence-electron chi connectivity index (χ2n) is 4.99. The van der Waals surface area contributed by atoms with Crippen LogP contribution in [0.15, 0.2) is 18.2 Å². The van der Waals surface area contributed by atoms with Crippen LogP contribution in [-0.4, -0.2) is 23.3 Å². The van der Waals surface area contributed by atoms with E-state index in [9.17, 15) is 0 Å². The zero-order valence-electron chi connectivity index (χ0n) is 10.8. The van der Waals surface area contributed by atoms with Gasteiger partial charge in [-0.2, -0.15) is 0 Å². The largest absolute Gasteiger partial charge is 0.399 e. The first-order valence-electron chi connectivity index (χ1n) is 5.70. The van der Waals surface area contributed by atoms with Crippen molar-refractivity contribution in [1.82, 2.24) is 9.55 Å². The number of aromatic nitrogens is 2. The molecule has 2 rings (SSSR count). The van der Waals surface area contributed by atoms with Crippen molar-refractivity contribution in [2.45, 2.75) is 26.3 Å². The van der Waals surface area contributed by atoms with Crippen molar-refractivity contribution in [3.05, 3.63) is 24.0 Å². The molecule has 0 aliphatic rings. The molecule has 0 saturated carbocycles. The molecule has 2 aromatic rings. The van der Waals surface area contributed by atoms with Crippen LogP contribution >= 0.6 is 0 Å². The Morgan fingerprint density at radius 2 is 2.12 bits per heavy atom. The Balaban J connectivity index is 2.64. The summed E-state index contributed by atoms with van der Waals surface area (Å²) in [7, 11) is 1.72. The van der Waals surface area contributed by atoms with Gasteiger partial charge < -0.3 is 15.0 Å². The van der Waals surface area contributed by atoms with Gasteiger partial charge >= 0.3 is 0 Å². The summed E-state index contributed by atoms with van der Waals surface area (Å²) in [6.45, 7) is 6.93. The maximum Gasteiger partial charge on any atom is 0.107 e. The quantitative estimate of drug-likeness (QED) is 0.828. The Morgan fingerprint density at radius 1 is 1.41 bits per heavy atom. The summed E-state index contributed by atoms with van der Waals surface area (Å²) in [5.74, 6) is 0.979. The molecule has 0 aliphatic carbocycles. The van der Waals surface area contributed by atoms with Gasteiger partial charge in [-0.1, -0.05) is 0 Å². The number of benzene rings is 1. The van der Waals surface area contributed by atoms with Crippen LogP contribution in [0, 0.1) is 6.92 Å². The molecule has 0 spiro atoms. The Morgan fingerprint density at radius 3 is 2.76 bits per heavy atom. The minimum absolute atomic E-state index is 0.121. The van der Waals surface area contributed by atoms with Gasteiger partial charge in [0.1, 0.15) is 5.82 Å². The lowest BCUT2D eigenvalue weighted by Gasteiger charge is -2.28. The number of nitrogen functional groups attached to an aromatic ring is 1. The highest BCUT2D eigenvalue weighted by atomic mass is 16.5. The van der Waals surface area contributed by atoms with E-state index in [1.54, 1.807) is 7.11 Å². The maximum absolute atomic E-state index is 5.78. The van der Waals surface area contributed by atoms with E-state index in [1.807, 2.05) is 25.1 Å². The fraction of sp³-hybridized carbons (Fsp3) is 0.462. The fourth-order valence-electron chi connectivity index (χ4n) is 2.40. The summed E-state index contributed by atoms with van der Waals surface area (Å²) in [5.41, 5.74) is 8.43. The lowest BCUT2D eigenvalue weighted by atomic mass is 10.1. The minimum atomic E-state index is -0.121. The first-order valence-corrected chi connectivity index (χ1v) is 5.70. The number of aryl methyl sites for hydroxylation is 1. The number of nitrogens with zero attached hydrogens (tertiary/aromatic N) is 2. The van der Waals surface area contributed by atoms with Gasteiger partial charge in [-0.25, -0.2) is 4.98 Å². The zero-order valence-corrected chi connectivity index (χ0v) is 10.8. The summed E-state index contributed by atoms with van der Waals surface area (Å²) in [6, 6.07) is 5.83. The summed E-state index contributed by atoms with van der Waals surface area (Å²) < 4.78 is 7.48. The van der Waals surface area contributed by atoms with Gasteiger partial charge in [0.15, 0.2) is 0 Å². The number of fused-ring (bicyclic) bond motifs is 1. The van der Waals surface area contributed by atoms with Crippen LogP contribution in [0.3, 0.4) is 0 Å².